The van der Waals surface area contributed by atoms with E-state index in [9.17, 15) is 0 Å². The summed E-state index contributed by atoms with van der Waals surface area (Å²) in [6.07, 6.45) is 2.40. The molecule has 0 N–H and O–H groups in total. The van der Waals surface area contributed by atoms with Crippen molar-refractivity contribution in [1.29, 1.82) is 0 Å². The van der Waals surface area contributed by atoms with E-state index in [0.717, 1.165) is 35.1 Å². The van der Waals surface area contributed by atoms with Crippen molar-refractivity contribution in [3.8, 4) is 23.0 Å². The van der Waals surface area contributed by atoms with Gasteiger partial charge in [0.1, 0.15) is 23.5 Å². The van der Waals surface area contributed by atoms with Crippen LogP contribution in [0.4, 0.5) is 0 Å². The maximum absolute atomic E-state index is 5.79. The van der Waals surface area contributed by atoms with E-state index in [1.807, 2.05) is 33.6 Å². The molecule has 0 aliphatic carbocycles. The van der Waals surface area contributed by atoms with Gasteiger partial charge in [-0.05, 0) is 32.0 Å². The molecule has 0 unspecified atom stereocenters. The van der Waals surface area contributed by atoms with E-state index >= 15 is 0 Å². The summed E-state index contributed by atoms with van der Waals surface area (Å²) in [6.45, 7) is 4.82. The Hall–Kier alpha value is -2.63. The number of hydrogen-bond acceptors (Lipinski definition) is 4. The lowest BCUT2D eigenvalue weighted by molar-refractivity contribution is 0.326. The Bertz CT molecular complexity index is 818. The number of benzene rings is 1. The third-order valence-electron chi connectivity index (χ3n) is 3.78. The zero-order valence-electron chi connectivity index (χ0n) is 12.6. The van der Waals surface area contributed by atoms with Crippen LogP contribution in [0.2, 0.25) is 0 Å². The minimum atomic E-state index is 0.245. The van der Waals surface area contributed by atoms with Crippen LogP contribution in [0, 0.1) is 0 Å². The van der Waals surface area contributed by atoms with Crippen LogP contribution < -0.4 is 4.74 Å². The van der Waals surface area contributed by atoms with Gasteiger partial charge in [0.15, 0.2) is 5.82 Å². The second kappa shape index (κ2) is 4.98. The number of para-hydroxylation sites is 2. The van der Waals surface area contributed by atoms with E-state index in [4.69, 9.17) is 9.84 Å². The van der Waals surface area contributed by atoms with E-state index in [2.05, 4.69) is 30.0 Å². The summed E-state index contributed by atoms with van der Waals surface area (Å²) in [6, 6.07) is 10.3. The molecule has 0 fully saturated rings. The maximum Gasteiger partial charge on any atom is 0.178 e. The Labute approximate surface area is 128 Å². The number of rotatable bonds is 2. The molecule has 0 bridgehead atoms. The summed E-state index contributed by atoms with van der Waals surface area (Å²) < 4.78 is 9.64. The summed E-state index contributed by atoms with van der Waals surface area (Å²) in [7, 11) is 0. The number of aromatic nitrogens is 5. The lowest BCUT2D eigenvalue weighted by atomic mass is 10.2. The van der Waals surface area contributed by atoms with Crippen LogP contribution in [0.25, 0.3) is 17.2 Å². The predicted octanol–water partition coefficient (Wildman–Crippen LogP) is 2.65. The van der Waals surface area contributed by atoms with E-state index < -0.39 is 0 Å². The summed E-state index contributed by atoms with van der Waals surface area (Å²) in [5, 5.41) is 9.04. The first-order valence-electron chi connectivity index (χ1n) is 7.45. The Kier molecular flexibility index (Phi) is 2.96. The van der Waals surface area contributed by atoms with Crippen molar-refractivity contribution in [3.63, 3.8) is 0 Å². The van der Waals surface area contributed by atoms with Crippen molar-refractivity contribution >= 4 is 0 Å². The molecule has 6 heteroatoms. The fraction of sp³-hybridized carbons (Fsp3) is 0.312. The third-order valence-corrected chi connectivity index (χ3v) is 3.78. The average molecular weight is 295 g/mol. The van der Waals surface area contributed by atoms with Crippen molar-refractivity contribution < 1.29 is 4.74 Å². The average Bonchev–Trinajstić information content (AvgIpc) is 3.11. The highest BCUT2D eigenvalue weighted by molar-refractivity contribution is 5.54. The molecule has 112 valence electrons. The second-order valence-electron chi connectivity index (χ2n) is 5.62. The normalized spacial score (nSPS) is 13.4. The molecule has 0 atom stereocenters. The molecule has 3 aromatic rings. The largest absolute Gasteiger partial charge is 0.491 e. The first-order valence-corrected chi connectivity index (χ1v) is 7.45. The van der Waals surface area contributed by atoms with Crippen molar-refractivity contribution in [2.45, 2.75) is 26.3 Å². The van der Waals surface area contributed by atoms with Crippen molar-refractivity contribution in [3.05, 3.63) is 42.4 Å². The highest BCUT2D eigenvalue weighted by Gasteiger charge is 2.20. The summed E-state index contributed by atoms with van der Waals surface area (Å²) in [4.78, 5) is 4.38. The summed E-state index contributed by atoms with van der Waals surface area (Å²) in [5.74, 6) is 1.66. The molecule has 2 aromatic heterocycles. The quantitative estimate of drug-likeness (QED) is 0.729. The minimum Gasteiger partial charge on any atom is -0.491 e. The van der Waals surface area contributed by atoms with Gasteiger partial charge in [0, 0.05) is 18.2 Å². The van der Waals surface area contributed by atoms with Gasteiger partial charge in [-0.1, -0.05) is 12.1 Å². The summed E-state index contributed by atoms with van der Waals surface area (Å²) >= 11 is 0. The van der Waals surface area contributed by atoms with Gasteiger partial charge in [0.2, 0.25) is 0 Å². The number of fused-ring (bicyclic) bond motifs is 3. The van der Waals surface area contributed by atoms with Gasteiger partial charge in [-0.2, -0.15) is 10.2 Å². The minimum absolute atomic E-state index is 0.245. The molecule has 3 heterocycles. The van der Waals surface area contributed by atoms with Gasteiger partial charge in [0.25, 0.3) is 0 Å². The highest BCUT2D eigenvalue weighted by atomic mass is 16.5. The first kappa shape index (κ1) is 13.1. The van der Waals surface area contributed by atoms with E-state index in [1.165, 1.54) is 0 Å². The lowest BCUT2D eigenvalue weighted by Gasteiger charge is -2.08. The molecular weight excluding hydrogens is 278 g/mol. The standard InChI is InChI=1S/C16H17N5O/c1-11(2)20-16(17-10-18-20)13-9-12-7-8-22-15-6-4-3-5-14(15)21(12)19-13/h3-6,9-11H,7-8H2,1-2H3. The van der Waals surface area contributed by atoms with Crippen LogP contribution in [0.15, 0.2) is 36.7 Å². The molecule has 22 heavy (non-hydrogen) atoms. The Balaban J connectivity index is 1.86. The first-order chi connectivity index (χ1) is 10.7. The topological polar surface area (TPSA) is 57.8 Å². The van der Waals surface area contributed by atoms with Crippen LogP contribution in [0.5, 0.6) is 5.75 Å². The van der Waals surface area contributed by atoms with Gasteiger partial charge in [-0.25, -0.2) is 14.3 Å². The number of nitrogens with zero attached hydrogens (tertiary/aromatic N) is 5. The molecule has 0 amide bonds. The van der Waals surface area contributed by atoms with Crippen LogP contribution in [-0.4, -0.2) is 31.2 Å². The number of hydrogen-bond donors (Lipinski definition) is 0. The molecular formula is C16H17N5O. The second-order valence-corrected chi connectivity index (χ2v) is 5.62. The Morgan fingerprint density at radius 1 is 1.23 bits per heavy atom. The molecule has 1 aliphatic rings. The predicted molar refractivity (Wildman–Crippen MR) is 82.2 cm³/mol. The Morgan fingerprint density at radius 2 is 2.09 bits per heavy atom. The zero-order valence-corrected chi connectivity index (χ0v) is 12.6. The molecule has 1 aliphatic heterocycles. The highest BCUT2D eigenvalue weighted by Crippen LogP contribution is 2.29. The van der Waals surface area contributed by atoms with Crippen LogP contribution >= 0.6 is 0 Å². The molecule has 0 spiro atoms. The fourth-order valence-electron chi connectivity index (χ4n) is 2.75. The van der Waals surface area contributed by atoms with E-state index in [-0.39, 0.29) is 6.04 Å². The smallest absolute Gasteiger partial charge is 0.178 e. The van der Waals surface area contributed by atoms with E-state index in [0.29, 0.717) is 6.61 Å². The Morgan fingerprint density at radius 3 is 2.95 bits per heavy atom. The molecule has 0 saturated carbocycles. The zero-order chi connectivity index (χ0) is 15.1. The van der Waals surface area contributed by atoms with Crippen LogP contribution in [0.3, 0.4) is 0 Å². The SMILES string of the molecule is CC(C)n1ncnc1-c1cc2n(n1)-c1ccccc1OCC2. The van der Waals surface area contributed by atoms with Crippen LogP contribution in [0.1, 0.15) is 25.6 Å². The molecule has 1 aromatic carbocycles. The third kappa shape index (κ3) is 1.99. The molecule has 0 saturated heterocycles. The monoisotopic (exact) mass is 295 g/mol. The van der Waals surface area contributed by atoms with E-state index in [1.54, 1.807) is 6.33 Å². The fourth-order valence-corrected chi connectivity index (χ4v) is 2.75. The van der Waals surface area contributed by atoms with Crippen molar-refractivity contribution in [2.75, 3.05) is 6.61 Å². The van der Waals surface area contributed by atoms with Gasteiger partial charge in [-0.3, -0.25) is 0 Å². The van der Waals surface area contributed by atoms with Gasteiger partial charge >= 0.3 is 0 Å². The van der Waals surface area contributed by atoms with Crippen LogP contribution in [-0.2, 0) is 6.42 Å². The maximum atomic E-state index is 5.79. The van der Waals surface area contributed by atoms with Gasteiger partial charge < -0.3 is 4.74 Å². The molecule has 6 nitrogen and oxygen atoms in total. The van der Waals surface area contributed by atoms with Crippen molar-refractivity contribution in [1.82, 2.24) is 24.5 Å². The van der Waals surface area contributed by atoms with Crippen molar-refractivity contribution in [2.24, 2.45) is 0 Å². The van der Waals surface area contributed by atoms with Gasteiger partial charge in [0.05, 0.1) is 6.61 Å². The number of ether oxygens (including phenoxy) is 1. The lowest BCUT2D eigenvalue weighted by Crippen LogP contribution is -2.06. The molecule has 4 rings (SSSR count). The molecule has 0 radical (unpaired) electrons. The summed E-state index contributed by atoms with van der Waals surface area (Å²) in [5.41, 5.74) is 2.94. The van der Waals surface area contributed by atoms with Gasteiger partial charge in [-0.15, -0.1) is 0 Å².